The van der Waals surface area contributed by atoms with Gasteiger partial charge in [-0.1, -0.05) is 13.8 Å². The van der Waals surface area contributed by atoms with E-state index in [9.17, 15) is 9.59 Å². The van der Waals surface area contributed by atoms with Crippen molar-refractivity contribution in [2.24, 2.45) is 17.3 Å². The van der Waals surface area contributed by atoms with Gasteiger partial charge in [0.25, 0.3) is 0 Å². The third-order valence-electron chi connectivity index (χ3n) is 4.28. The molecule has 1 saturated carbocycles. The Morgan fingerprint density at radius 2 is 2.11 bits per heavy atom. The van der Waals surface area contributed by atoms with Crippen LogP contribution in [0.15, 0.2) is 0 Å². The summed E-state index contributed by atoms with van der Waals surface area (Å²) in [5.74, 6) is -1.03. The van der Waals surface area contributed by atoms with E-state index in [-0.39, 0.29) is 17.9 Å². The average molecular weight is 254 g/mol. The summed E-state index contributed by atoms with van der Waals surface area (Å²) in [6.07, 6.45) is 2.93. The van der Waals surface area contributed by atoms with Gasteiger partial charge in [-0.3, -0.25) is 4.79 Å². The van der Waals surface area contributed by atoms with Gasteiger partial charge >= 0.3 is 12.0 Å². The molecule has 2 unspecified atom stereocenters. The number of carboxylic acid groups (broad SMARTS) is 1. The summed E-state index contributed by atoms with van der Waals surface area (Å²) in [6, 6.07) is -0.0428. The summed E-state index contributed by atoms with van der Waals surface area (Å²) >= 11 is 0. The van der Waals surface area contributed by atoms with Gasteiger partial charge in [-0.05, 0) is 30.6 Å². The Hall–Kier alpha value is -1.26. The molecule has 0 aromatic heterocycles. The van der Waals surface area contributed by atoms with Gasteiger partial charge < -0.3 is 15.3 Å². The third kappa shape index (κ3) is 2.94. The number of carbonyl (C=O) groups is 2. The molecule has 0 radical (unpaired) electrons. The van der Waals surface area contributed by atoms with E-state index in [1.165, 1.54) is 12.8 Å². The van der Waals surface area contributed by atoms with Crippen LogP contribution in [0.4, 0.5) is 4.79 Å². The van der Waals surface area contributed by atoms with Crippen molar-refractivity contribution in [1.82, 2.24) is 10.2 Å². The molecule has 1 aliphatic carbocycles. The van der Waals surface area contributed by atoms with Crippen molar-refractivity contribution in [3.05, 3.63) is 0 Å². The molecule has 0 aromatic rings. The molecular weight excluding hydrogens is 232 g/mol. The number of nitrogens with one attached hydrogen (secondary N) is 1. The van der Waals surface area contributed by atoms with E-state index in [4.69, 9.17) is 5.11 Å². The van der Waals surface area contributed by atoms with Crippen LogP contribution in [0.3, 0.4) is 0 Å². The van der Waals surface area contributed by atoms with Crippen LogP contribution in [0.2, 0.25) is 0 Å². The number of aliphatic carboxylic acids is 1. The molecule has 2 N–H and O–H groups in total. The van der Waals surface area contributed by atoms with Gasteiger partial charge in [-0.15, -0.1) is 0 Å². The van der Waals surface area contributed by atoms with Gasteiger partial charge in [0.2, 0.25) is 0 Å². The van der Waals surface area contributed by atoms with Gasteiger partial charge in [0, 0.05) is 19.6 Å². The number of carbonyl (C=O) groups excluding carboxylic acids is 1. The molecule has 2 amide bonds. The number of hydrogen-bond donors (Lipinski definition) is 2. The molecule has 2 fully saturated rings. The van der Waals surface area contributed by atoms with E-state index in [0.717, 1.165) is 6.54 Å². The van der Waals surface area contributed by atoms with Gasteiger partial charge in [-0.2, -0.15) is 0 Å². The first kappa shape index (κ1) is 13.2. The Bertz CT molecular complexity index is 352. The molecule has 18 heavy (non-hydrogen) atoms. The van der Waals surface area contributed by atoms with Crippen LogP contribution in [-0.4, -0.2) is 41.6 Å². The van der Waals surface area contributed by atoms with Gasteiger partial charge in [0.1, 0.15) is 0 Å². The molecular formula is C13H22N2O3. The second-order valence-electron chi connectivity index (χ2n) is 6.13. The number of likely N-dealkylation sites (tertiary alicyclic amines) is 1. The maximum Gasteiger partial charge on any atom is 0.317 e. The lowest BCUT2D eigenvalue weighted by molar-refractivity contribution is -0.145. The van der Waals surface area contributed by atoms with E-state index in [1.807, 2.05) is 6.92 Å². The fourth-order valence-electron chi connectivity index (χ4n) is 2.49. The van der Waals surface area contributed by atoms with Crippen LogP contribution in [0, 0.1) is 17.3 Å². The smallest absolute Gasteiger partial charge is 0.317 e. The first-order valence-electron chi connectivity index (χ1n) is 6.67. The lowest BCUT2D eigenvalue weighted by Gasteiger charge is -2.35. The van der Waals surface area contributed by atoms with E-state index in [2.05, 4.69) is 12.2 Å². The fourth-order valence-corrected chi connectivity index (χ4v) is 2.49. The summed E-state index contributed by atoms with van der Waals surface area (Å²) in [5, 5.41) is 12.0. The zero-order chi connectivity index (χ0) is 13.3. The molecule has 1 heterocycles. The molecule has 5 heteroatoms. The number of piperidine rings is 1. The van der Waals surface area contributed by atoms with Crippen LogP contribution in [0.25, 0.3) is 0 Å². The second-order valence-corrected chi connectivity index (χ2v) is 6.13. The third-order valence-corrected chi connectivity index (χ3v) is 4.28. The molecule has 5 nitrogen and oxygen atoms in total. The highest BCUT2D eigenvalue weighted by atomic mass is 16.4. The first-order chi connectivity index (χ1) is 8.41. The Labute approximate surface area is 108 Å². The standard InChI is InChI=1S/C13H22N2O3/c1-9-7-15(6-3-10(9)11(16)17)12(18)14-8-13(2)4-5-13/h9-10H,3-8H2,1-2H3,(H,14,18)(H,16,17). The summed E-state index contributed by atoms with van der Waals surface area (Å²) in [5.41, 5.74) is 0.306. The minimum atomic E-state index is -0.743. The Kier molecular flexibility index (Phi) is 3.50. The molecule has 2 atom stereocenters. The van der Waals surface area contributed by atoms with Crippen molar-refractivity contribution in [3.63, 3.8) is 0 Å². The van der Waals surface area contributed by atoms with Crippen LogP contribution < -0.4 is 5.32 Å². The summed E-state index contributed by atoms with van der Waals surface area (Å²) in [4.78, 5) is 24.7. The van der Waals surface area contributed by atoms with Crippen LogP contribution >= 0.6 is 0 Å². The number of carboxylic acids is 1. The predicted octanol–water partition coefficient (Wildman–Crippen LogP) is 1.54. The van der Waals surface area contributed by atoms with E-state index in [0.29, 0.717) is 24.9 Å². The van der Waals surface area contributed by atoms with Crippen molar-refractivity contribution in [2.75, 3.05) is 19.6 Å². The molecule has 0 spiro atoms. The summed E-state index contributed by atoms with van der Waals surface area (Å²) < 4.78 is 0. The van der Waals surface area contributed by atoms with Crippen molar-refractivity contribution >= 4 is 12.0 Å². The number of amides is 2. The minimum Gasteiger partial charge on any atom is -0.481 e. The highest BCUT2D eigenvalue weighted by Gasteiger charge is 2.38. The van der Waals surface area contributed by atoms with Crippen molar-refractivity contribution in [1.29, 1.82) is 0 Å². The quantitative estimate of drug-likeness (QED) is 0.802. The molecule has 2 rings (SSSR count). The monoisotopic (exact) mass is 254 g/mol. The van der Waals surface area contributed by atoms with E-state index >= 15 is 0 Å². The number of nitrogens with zero attached hydrogens (tertiary/aromatic N) is 1. The minimum absolute atomic E-state index is 0.0264. The number of hydrogen-bond acceptors (Lipinski definition) is 2. The Balaban J connectivity index is 1.80. The molecule has 1 saturated heterocycles. The lowest BCUT2D eigenvalue weighted by Crippen LogP contribution is -2.49. The Morgan fingerprint density at radius 1 is 1.44 bits per heavy atom. The van der Waals surface area contributed by atoms with Gasteiger partial charge in [0.05, 0.1) is 5.92 Å². The number of urea groups is 1. The average Bonchev–Trinajstić information content (AvgIpc) is 3.04. The molecule has 0 bridgehead atoms. The van der Waals surface area contributed by atoms with Gasteiger partial charge in [0.15, 0.2) is 0 Å². The predicted molar refractivity (Wildman–Crippen MR) is 67.2 cm³/mol. The SMILES string of the molecule is CC1CN(C(=O)NCC2(C)CC2)CCC1C(=O)O. The largest absolute Gasteiger partial charge is 0.481 e. The fraction of sp³-hybridized carbons (Fsp3) is 0.846. The van der Waals surface area contributed by atoms with Crippen molar-refractivity contribution in [2.45, 2.75) is 33.1 Å². The first-order valence-corrected chi connectivity index (χ1v) is 6.67. The molecule has 1 aliphatic heterocycles. The maximum absolute atomic E-state index is 12.0. The summed E-state index contributed by atoms with van der Waals surface area (Å²) in [7, 11) is 0. The molecule has 2 aliphatic rings. The van der Waals surface area contributed by atoms with E-state index in [1.54, 1.807) is 4.90 Å². The second kappa shape index (κ2) is 4.78. The highest BCUT2D eigenvalue weighted by Crippen LogP contribution is 2.44. The molecule has 0 aromatic carbocycles. The normalized spacial score (nSPS) is 29.8. The topological polar surface area (TPSA) is 69.6 Å². The Morgan fingerprint density at radius 3 is 2.61 bits per heavy atom. The maximum atomic E-state index is 12.0. The molecule has 102 valence electrons. The van der Waals surface area contributed by atoms with E-state index < -0.39 is 5.97 Å². The summed E-state index contributed by atoms with van der Waals surface area (Å²) in [6.45, 7) is 5.90. The zero-order valence-corrected chi connectivity index (χ0v) is 11.1. The lowest BCUT2D eigenvalue weighted by atomic mass is 9.87. The van der Waals surface area contributed by atoms with Crippen LogP contribution in [-0.2, 0) is 4.79 Å². The zero-order valence-electron chi connectivity index (χ0n) is 11.1. The van der Waals surface area contributed by atoms with Crippen molar-refractivity contribution in [3.8, 4) is 0 Å². The van der Waals surface area contributed by atoms with Crippen molar-refractivity contribution < 1.29 is 14.7 Å². The number of rotatable bonds is 3. The van der Waals surface area contributed by atoms with Crippen LogP contribution in [0.1, 0.15) is 33.1 Å². The van der Waals surface area contributed by atoms with Crippen LogP contribution in [0.5, 0.6) is 0 Å². The van der Waals surface area contributed by atoms with Gasteiger partial charge in [-0.25, -0.2) is 4.79 Å². The highest BCUT2D eigenvalue weighted by molar-refractivity contribution is 5.75.